The van der Waals surface area contributed by atoms with Gasteiger partial charge in [0.15, 0.2) is 0 Å². The zero-order valence-electron chi connectivity index (χ0n) is 13.1. The Balaban J connectivity index is 0.00000208. The second kappa shape index (κ2) is 8.13. The molecule has 1 N–H and O–H groups in total. The molecule has 1 aliphatic heterocycles. The van der Waals surface area contributed by atoms with Gasteiger partial charge in [-0.15, -0.1) is 25.6 Å². The van der Waals surface area contributed by atoms with Gasteiger partial charge >= 0.3 is 6.36 Å². The van der Waals surface area contributed by atoms with Crippen LogP contribution in [0, 0.1) is 5.92 Å². The summed E-state index contributed by atoms with van der Waals surface area (Å²) >= 11 is 6.01. The van der Waals surface area contributed by atoms with Crippen LogP contribution in [0.25, 0.3) is 0 Å². The molecule has 1 aliphatic carbocycles. The van der Waals surface area contributed by atoms with E-state index in [1.807, 2.05) is 0 Å². The summed E-state index contributed by atoms with van der Waals surface area (Å²) in [4.78, 5) is 2.39. The Morgan fingerprint density at radius 2 is 1.92 bits per heavy atom. The number of nitrogens with zero attached hydrogens (tertiary/aromatic N) is 1. The summed E-state index contributed by atoms with van der Waals surface area (Å²) < 4.78 is 41.0. The second-order valence-corrected chi connectivity index (χ2v) is 6.63. The average molecular weight is 385 g/mol. The number of hydrogen-bond donors (Lipinski definition) is 1. The van der Waals surface area contributed by atoms with Crippen LogP contribution in [0.3, 0.4) is 0 Å². The number of piperazine rings is 1. The largest absolute Gasteiger partial charge is 0.573 e. The van der Waals surface area contributed by atoms with Gasteiger partial charge in [0.2, 0.25) is 0 Å². The number of ether oxygens (including phenoxy) is 1. The van der Waals surface area contributed by atoms with E-state index in [1.165, 1.54) is 18.9 Å². The molecule has 1 aromatic rings. The fourth-order valence-corrected chi connectivity index (χ4v) is 3.32. The number of alkyl halides is 3. The van der Waals surface area contributed by atoms with Crippen molar-refractivity contribution in [3.63, 3.8) is 0 Å². The molecule has 0 unspecified atom stereocenters. The van der Waals surface area contributed by atoms with Crippen molar-refractivity contribution in [2.24, 2.45) is 5.92 Å². The van der Waals surface area contributed by atoms with Gasteiger partial charge in [-0.25, -0.2) is 0 Å². The van der Waals surface area contributed by atoms with Gasteiger partial charge in [0.05, 0.1) is 5.02 Å². The lowest BCUT2D eigenvalue weighted by molar-refractivity contribution is -0.274. The molecule has 0 bridgehead atoms. The van der Waals surface area contributed by atoms with Gasteiger partial charge in [0, 0.05) is 32.2 Å². The van der Waals surface area contributed by atoms with E-state index in [1.54, 1.807) is 12.1 Å². The molecule has 3 rings (SSSR count). The Labute approximate surface area is 150 Å². The third kappa shape index (κ3) is 5.41. The number of hydrogen-bond acceptors (Lipinski definition) is 3. The lowest BCUT2D eigenvalue weighted by Gasteiger charge is -2.35. The van der Waals surface area contributed by atoms with E-state index < -0.39 is 6.36 Å². The van der Waals surface area contributed by atoms with Crippen LogP contribution >= 0.6 is 24.0 Å². The first-order chi connectivity index (χ1) is 10.9. The lowest BCUT2D eigenvalue weighted by Crippen LogP contribution is -2.45. The van der Waals surface area contributed by atoms with E-state index in [2.05, 4.69) is 15.0 Å². The summed E-state index contributed by atoms with van der Waals surface area (Å²) in [6.45, 7) is 3.75. The molecule has 0 radical (unpaired) electrons. The highest BCUT2D eigenvalue weighted by molar-refractivity contribution is 6.32. The number of halogens is 5. The van der Waals surface area contributed by atoms with Crippen molar-refractivity contribution in [1.82, 2.24) is 10.2 Å². The molecule has 1 aromatic carbocycles. The smallest absolute Gasteiger partial charge is 0.404 e. The molecule has 0 amide bonds. The van der Waals surface area contributed by atoms with Gasteiger partial charge in [-0.1, -0.05) is 30.5 Å². The van der Waals surface area contributed by atoms with Gasteiger partial charge in [0.25, 0.3) is 0 Å². The van der Waals surface area contributed by atoms with Crippen LogP contribution in [0.5, 0.6) is 5.75 Å². The van der Waals surface area contributed by atoms with Crippen molar-refractivity contribution in [2.45, 2.75) is 31.7 Å². The zero-order chi connectivity index (χ0) is 16.4. The first kappa shape index (κ1) is 19.6. The maximum absolute atomic E-state index is 12.4. The predicted octanol–water partition coefficient (Wildman–Crippen LogP) is 4.41. The predicted molar refractivity (Wildman–Crippen MR) is 89.9 cm³/mol. The molecule has 2 fully saturated rings. The SMILES string of the molecule is Cl.FC(F)(F)Oc1ccc([C@H](CC2CC2)N2CCNCC2)cc1Cl. The maximum atomic E-state index is 12.4. The molecule has 2 aliphatic rings. The number of benzene rings is 1. The average Bonchev–Trinajstić information content (AvgIpc) is 3.31. The van der Waals surface area contributed by atoms with Crippen LogP contribution in [0.2, 0.25) is 5.02 Å². The summed E-state index contributed by atoms with van der Waals surface area (Å²) in [5.74, 6) is 0.383. The molecule has 0 spiro atoms. The first-order valence-electron chi connectivity index (χ1n) is 7.92. The van der Waals surface area contributed by atoms with Crippen molar-refractivity contribution < 1.29 is 17.9 Å². The second-order valence-electron chi connectivity index (χ2n) is 6.22. The van der Waals surface area contributed by atoms with Crippen LogP contribution in [0.4, 0.5) is 13.2 Å². The molecule has 24 heavy (non-hydrogen) atoms. The summed E-state index contributed by atoms with van der Waals surface area (Å²) in [6, 6.07) is 4.87. The standard InChI is InChI=1S/C16H20ClF3N2O.ClH/c17-13-10-12(3-4-15(13)23-16(18,19)20)14(9-11-1-2-11)22-7-5-21-6-8-22;/h3-4,10-11,14,21H,1-2,5-9H2;1H/t14-;/m0./s1. The van der Waals surface area contributed by atoms with E-state index in [0.717, 1.165) is 44.1 Å². The molecular formula is C16H21Cl2F3N2O. The molecule has 136 valence electrons. The highest BCUT2D eigenvalue weighted by atomic mass is 35.5. The summed E-state index contributed by atoms with van der Waals surface area (Å²) in [6.07, 6.45) is -1.20. The van der Waals surface area contributed by atoms with Crippen LogP contribution in [0.1, 0.15) is 30.9 Å². The topological polar surface area (TPSA) is 24.5 Å². The Bertz CT molecular complexity index is 547. The number of rotatable bonds is 5. The minimum atomic E-state index is -4.73. The molecule has 1 saturated carbocycles. The van der Waals surface area contributed by atoms with Crippen LogP contribution in [-0.4, -0.2) is 37.4 Å². The summed E-state index contributed by atoms with van der Waals surface area (Å²) in [5.41, 5.74) is 0.971. The fraction of sp³-hybridized carbons (Fsp3) is 0.625. The van der Waals surface area contributed by atoms with Crippen molar-refractivity contribution >= 4 is 24.0 Å². The van der Waals surface area contributed by atoms with Crippen LogP contribution in [0.15, 0.2) is 18.2 Å². The Kier molecular flexibility index (Phi) is 6.65. The Morgan fingerprint density at radius 3 is 2.46 bits per heavy atom. The van der Waals surface area contributed by atoms with Gasteiger partial charge in [-0.3, -0.25) is 4.90 Å². The van der Waals surface area contributed by atoms with Gasteiger partial charge in [0.1, 0.15) is 5.75 Å². The number of nitrogens with one attached hydrogen (secondary N) is 1. The molecule has 3 nitrogen and oxygen atoms in total. The summed E-state index contributed by atoms with van der Waals surface area (Å²) in [5, 5.41) is 3.33. The molecule has 1 atom stereocenters. The maximum Gasteiger partial charge on any atom is 0.573 e. The molecule has 1 heterocycles. The Morgan fingerprint density at radius 1 is 1.25 bits per heavy atom. The van der Waals surface area contributed by atoms with E-state index in [9.17, 15) is 13.2 Å². The van der Waals surface area contributed by atoms with Crippen molar-refractivity contribution in [2.75, 3.05) is 26.2 Å². The van der Waals surface area contributed by atoms with Crippen LogP contribution in [-0.2, 0) is 0 Å². The first-order valence-corrected chi connectivity index (χ1v) is 8.30. The van der Waals surface area contributed by atoms with Crippen molar-refractivity contribution in [1.29, 1.82) is 0 Å². The van der Waals surface area contributed by atoms with Crippen LogP contribution < -0.4 is 10.1 Å². The molecular weight excluding hydrogens is 364 g/mol. The minimum absolute atomic E-state index is 0. The van der Waals surface area contributed by atoms with Crippen molar-refractivity contribution in [3.8, 4) is 5.75 Å². The zero-order valence-corrected chi connectivity index (χ0v) is 14.7. The highest BCUT2D eigenvalue weighted by Crippen LogP contribution is 2.41. The fourth-order valence-electron chi connectivity index (χ4n) is 3.09. The lowest BCUT2D eigenvalue weighted by atomic mass is 9.98. The minimum Gasteiger partial charge on any atom is -0.404 e. The normalized spacial score (nSPS) is 20.3. The molecule has 0 aromatic heterocycles. The van der Waals surface area contributed by atoms with Gasteiger partial charge < -0.3 is 10.1 Å². The van der Waals surface area contributed by atoms with E-state index in [4.69, 9.17) is 11.6 Å². The van der Waals surface area contributed by atoms with Gasteiger partial charge in [-0.2, -0.15) is 0 Å². The third-order valence-electron chi connectivity index (χ3n) is 4.41. The van der Waals surface area contributed by atoms with Gasteiger partial charge in [-0.05, 0) is 30.0 Å². The van der Waals surface area contributed by atoms with E-state index in [0.29, 0.717) is 0 Å². The van der Waals surface area contributed by atoms with E-state index >= 15 is 0 Å². The summed E-state index contributed by atoms with van der Waals surface area (Å²) in [7, 11) is 0. The highest BCUT2D eigenvalue weighted by Gasteiger charge is 2.33. The molecule has 8 heteroatoms. The molecule has 1 saturated heterocycles. The quantitative estimate of drug-likeness (QED) is 0.813. The van der Waals surface area contributed by atoms with Crippen molar-refractivity contribution in [3.05, 3.63) is 28.8 Å². The third-order valence-corrected chi connectivity index (χ3v) is 4.71. The Hall–Kier alpha value is -0.690. The van der Waals surface area contributed by atoms with E-state index in [-0.39, 0.29) is 29.2 Å². The monoisotopic (exact) mass is 384 g/mol.